The molecular weight excluding hydrogens is 346 g/mol. The minimum atomic E-state index is 0.397. The van der Waals surface area contributed by atoms with E-state index in [1.807, 2.05) is 12.1 Å². The van der Waals surface area contributed by atoms with Gasteiger partial charge in [0.15, 0.2) is 6.29 Å². The molecule has 1 aliphatic rings. The number of pyridine rings is 1. The Labute approximate surface area is 159 Å². The van der Waals surface area contributed by atoms with Gasteiger partial charge in [-0.3, -0.25) is 4.79 Å². The van der Waals surface area contributed by atoms with Gasteiger partial charge in [0, 0.05) is 38.3 Å². The van der Waals surface area contributed by atoms with Crippen LogP contribution in [-0.4, -0.2) is 61.1 Å². The number of anilines is 2. The van der Waals surface area contributed by atoms with E-state index in [0.717, 1.165) is 44.0 Å². The van der Waals surface area contributed by atoms with Crippen LogP contribution in [0, 0.1) is 5.92 Å². The number of hydrogen-bond acceptors (Lipinski definition) is 8. The van der Waals surface area contributed by atoms with Gasteiger partial charge in [0.05, 0.1) is 19.4 Å². The lowest BCUT2D eigenvalue weighted by atomic mass is 10.2. The molecule has 1 fully saturated rings. The van der Waals surface area contributed by atoms with Crippen molar-refractivity contribution in [2.45, 2.75) is 13.8 Å². The molecule has 2 aromatic heterocycles. The van der Waals surface area contributed by atoms with Gasteiger partial charge in [0.25, 0.3) is 0 Å². The Kier molecular flexibility index (Phi) is 6.05. The van der Waals surface area contributed by atoms with Gasteiger partial charge in [-0.25, -0.2) is 15.0 Å². The number of ether oxygens (including phenoxy) is 2. The maximum atomic E-state index is 11.4. The number of carbonyl (C=O) groups excluding carboxylic acids is 1. The number of hydrogen-bond donors (Lipinski definition) is 0. The molecule has 0 unspecified atom stereocenters. The highest BCUT2D eigenvalue weighted by molar-refractivity contribution is 5.82. The number of aromatic nitrogens is 3. The molecule has 0 aliphatic carbocycles. The lowest BCUT2D eigenvalue weighted by molar-refractivity contribution is 0.111. The van der Waals surface area contributed by atoms with Crippen LogP contribution in [0.2, 0.25) is 0 Å². The van der Waals surface area contributed by atoms with Crippen LogP contribution in [0.25, 0.3) is 0 Å². The van der Waals surface area contributed by atoms with Gasteiger partial charge in [0.1, 0.15) is 17.8 Å². The third-order valence-corrected chi connectivity index (χ3v) is 4.33. The van der Waals surface area contributed by atoms with E-state index in [2.05, 4.69) is 38.6 Å². The Morgan fingerprint density at radius 2 is 1.85 bits per heavy atom. The van der Waals surface area contributed by atoms with E-state index in [4.69, 9.17) is 9.47 Å². The van der Waals surface area contributed by atoms with E-state index in [1.165, 1.54) is 13.4 Å². The molecule has 3 heterocycles. The van der Waals surface area contributed by atoms with Crippen LogP contribution in [0.15, 0.2) is 24.5 Å². The van der Waals surface area contributed by atoms with Gasteiger partial charge >= 0.3 is 0 Å². The van der Waals surface area contributed by atoms with Crippen molar-refractivity contribution >= 4 is 17.8 Å². The number of nitrogens with zero attached hydrogens (tertiary/aromatic N) is 5. The predicted molar refractivity (Wildman–Crippen MR) is 103 cm³/mol. The largest absolute Gasteiger partial charge is 0.481 e. The molecule has 1 aliphatic heterocycles. The molecule has 0 bridgehead atoms. The number of aldehydes is 1. The molecular formula is C19H25N5O3. The molecule has 8 heteroatoms. The molecule has 0 spiro atoms. The number of methoxy groups -OCH3 is 1. The molecule has 0 atom stereocenters. The summed E-state index contributed by atoms with van der Waals surface area (Å²) in [6, 6.07) is 5.54. The molecule has 0 N–H and O–H groups in total. The Morgan fingerprint density at radius 3 is 2.52 bits per heavy atom. The summed E-state index contributed by atoms with van der Waals surface area (Å²) in [7, 11) is 1.54. The first-order valence-electron chi connectivity index (χ1n) is 9.05. The fourth-order valence-electron chi connectivity index (χ4n) is 2.93. The fraction of sp³-hybridized carbons (Fsp3) is 0.474. The zero-order valence-corrected chi connectivity index (χ0v) is 16.0. The van der Waals surface area contributed by atoms with Crippen LogP contribution < -0.4 is 19.3 Å². The molecule has 0 amide bonds. The molecule has 2 aromatic rings. The predicted octanol–water partition coefficient (Wildman–Crippen LogP) is 2.05. The Hall–Kier alpha value is -2.90. The molecule has 3 rings (SSSR count). The van der Waals surface area contributed by atoms with E-state index < -0.39 is 0 Å². The molecule has 0 saturated carbocycles. The van der Waals surface area contributed by atoms with Gasteiger partial charge in [0.2, 0.25) is 11.8 Å². The van der Waals surface area contributed by atoms with Gasteiger partial charge < -0.3 is 19.3 Å². The summed E-state index contributed by atoms with van der Waals surface area (Å²) < 4.78 is 10.8. The summed E-state index contributed by atoms with van der Waals surface area (Å²) in [4.78, 5) is 28.5. The third-order valence-electron chi connectivity index (χ3n) is 4.33. The molecule has 0 radical (unpaired) electrons. The summed E-state index contributed by atoms with van der Waals surface area (Å²) in [6.07, 6.45) is 2.31. The van der Waals surface area contributed by atoms with Gasteiger partial charge in [-0.05, 0) is 12.0 Å². The SMILES string of the molecule is COc1ccc(N2CCN(c3cc(OCC(C)C)ncn3)CC2)c(C=O)n1. The zero-order chi connectivity index (χ0) is 19.2. The summed E-state index contributed by atoms with van der Waals surface area (Å²) in [6.45, 7) is 7.92. The second-order valence-electron chi connectivity index (χ2n) is 6.77. The number of carbonyl (C=O) groups is 1. The summed E-state index contributed by atoms with van der Waals surface area (Å²) in [5.41, 5.74) is 1.23. The minimum Gasteiger partial charge on any atom is -0.481 e. The standard InChI is InChI=1S/C19H25N5O3/c1-14(2)12-27-19-10-17(20-13-21-19)24-8-6-23(7-9-24)16-4-5-18(26-3)22-15(16)11-25/h4-5,10-11,13-14H,6-9,12H2,1-3H3. The maximum Gasteiger partial charge on any atom is 0.218 e. The van der Waals surface area contributed by atoms with Crippen molar-refractivity contribution in [2.75, 3.05) is 49.7 Å². The minimum absolute atomic E-state index is 0.397. The first-order chi connectivity index (χ1) is 13.1. The lowest BCUT2D eigenvalue weighted by Gasteiger charge is -2.37. The van der Waals surface area contributed by atoms with Gasteiger partial charge in [-0.1, -0.05) is 13.8 Å². The van der Waals surface area contributed by atoms with E-state index in [1.54, 1.807) is 6.07 Å². The monoisotopic (exact) mass is 371 g/mol. The van der Waals surface area contributed by atoms with Crippen molar-refractivity contribution in [3.63, 3.8) is 0 Å². The summed E-state index contributed by atoms with van der Waals surface area (Å²) in [5, 5.41) is 0. The number of piperazine rings is 1. The van der Waals surface area contributed by atoms with Gasteiger partial charge in [-0.15, -0.1) is 0 Å². The van der Waals surface area contributed by atoms with Crippen LogP contribution in [-0.2, 0) is 0 Å². The van der Waals surface area contributed by atoms with Crippen molar-refractivity contribution in [3.8, 4) is 11.8 Å². The molecule has 27 heavy (non-hydrogen) atoms. The second-order valence-corrected chi connectivity index (χ2v) is 6.77. The zero-order valence-electron chi connectivity index (χ0n) is 16.0. The fourth-order valence-corrected chi connectivity index (χ4v) is 2.93. The quantitative estimate of drug-likeness (QED) is 0.684. The van der Waals surface area contributed by atoms with Crippen molar-refractivity contribution in [2.24, 2.45) is 5.92 Å². The van der Waals surface area contributed by atoms with E-state index in [-0.39, 0.29) is 0 Å². The average molecular weight is 371 g/mol. The van der Waals surface area contributed by atoms with Crippen molar-refractivity contribution in [3.05, 3.63) is 30.2 Å². The summed E-state index contributed by atoms with van der Waals surface area (Å²) >= 11 is 0. The van der Waals surface area contributed by atoms with Crippen LogP contribution in [0.3, 0.4) is 0 Å². The third kappa shape index (κ3) is 4.64. The van der Waals surface area contributed by atoms with E-state index >= 15 is 0 Å². The van der Waals surface area contributed by atoms with Crippen molar-refractivity contribution in [1.82, 2.24) is 15.0 Å². The number of rotatable bonds is 7. The highest BCUT2D eigenvalue weighted by atomic mass is 16.5. The second kappa shape index (κ2) is 8.66. The topological polar surface area (TPSA) is 80.7 Å². The van der Waals surface area contributed by atoms with E-state index in [9.17, 15) is 4.79 Å². The van der Waals surface area contributed by atoms with Crippen LogP contribution in [0.5, 0.6) is 11.8 Å². The molecule has 1 saturated heterocycles. The van der Waals surface area contributed by atoms with Crippen LogP contribution in [0.4, 0.5) is 11.5 Å². The van der Waals surface area contributed by atoms with Gasteiger partial charge in [-0.2, -0.15) is 0 Å². The summed E-state index contributed by atoms with van der Waals surface area (Å²) in [5.74, 6) is 2.33. The lowest BCUT2D eigenvalue weighted by Crippen LogP contribution is -2.47. The maximum absolute atomic E-state index is 11.4. The Morgan fingerprint density at radius 1 is 1.11 bits per heavy atom. The van der Waals surface area contributed by atoms with Crippen molar-refractivity contribution < 1.29 is 14.3 Å². The first-order valence-corrected chi connectivity index (χ1v) is 9.05. The highest BCUT2D eigenvalue weighted by Crippen LogP contribution is 2.24. The molecule has 144 valence electrons. The molecule has 0 aromatic carbocycles. The Bertz CT molecular complexity index is 776. The van der Waals surface area contributed by atoms with Crippen LogP contribution >= 0.6 is 0 Å². The average Bonchev–Trinajstić information content (AvgIpc) is 2.72. The van der Waals surface area contributed by atoms with Crippen molar-refractivity contribution in [1.29, 1.82) is 0 Å². The first kappa shape index (κ1) is 18.9. The van der Waals surface area contributed by atoms with E-state index in [0.29, 0.717) is 30.0 Å². The Balaban J connectivity index is 1.65. The molecule has 8 nitrogen and oxygen atoms in total. The highest BCUT2D eigenvalue weighted by Gasteiger charge is 2.21. The smallest absolute Gasteiger partial charge is 0.218 e. The normalized spacial score (nSPS) is 14.4. The van der Waals surface area contributed by atoms with Crippen LogP contribution in [0.1, 0.15) is 24.3 Å².